The van der Waals surface area contributed by atoms with E-state index in [1.54, 1.807) is 10.9 Å². The fourth-order valence-corrected chi connectivity index (χ4v) is 3.27. The first kappa shape index (κ1) is 15.1. The predicted molar refractivity (Wildman–Crippen MR) is 98.2 cm³/mol. The maximum absolute atomic E-state index is 6.09. The number of nitrogens with two attached hydrogens (primary N) is 1. The molecule has 4 nitrogen and oxygen atoms in total. The number of fused-ring (bicyclic) bond motifs is 1. The lowest BCUT2D eigenvalue weighted by atomic mass is 10.1. The quantitative estimate of drug-likeness (QED) is 0.410. The SMILES string of the molecule is Cc1cc(-n2nc3cc(Cl)c(N)c(Br)c3n2)cc(C)c1I. The number of rotatable bonds is 1. The Labute approximate surface area is 148 Å². The first-order valence-electron chi connectivity index (χ1n) is 6.16. The molecule has 2 N–H and O–H groups in total. The number of halogens is 3. The summed E-state index contributed by atoms with van der Waals surface area (Å²) in [4.78, 5) is 1.61. The number of hydrogen-bond acceptors (Lipinski definition) is 3. The van der Waals surface area contributed by atoms with Crippen molar-refractivity contribution in [2.45, 2.75) is 13.8 Å². The number of aromatic nitrogens is 3. The molecule has 0 saturated heterocycles. The zero-order chi connectivity index (χ0) is 15.3. The predicted octanol–water partition coefficient (Wildman–Crippen LogP) is 4.64. The third kappa shape index (κ3) is 2.53. The first-order chi connectivity index (χ1) is 9.88. The smallest absolute Gasteiger partial charge is 0.130 e. The van der Waals surface area contributed by atoms with E-state index < -0.39 is 0 Å². The Morgan fingerprint density at radius 3 is 2.43 bits per heavy atom. The van der Waals surface area contributed by atoms with Crippen molar-refractivity contribution >= 4 is 66.8 Å². The Bertz CT molecular complexity index is 852. The van der Waals surface area contributed by atoms with Crippen molar-refractivity contribution < 1.29 is 0 Å². The van der Waals surface area contributed by atoms with Gasteiger partial charge < -0.3 is 5.73 Å². The number of nitrogen functional groups attached to an aromatic ring is 1. The third-order valence-electron chi connectivity index (χ3n) is 3.26. The van der Waals surface area contributed by atoms with Crippen LogP contribution in [0.4, 0.5) is 5.69 Å². The van der Waals surface area contributed by atoms with Crippen LogP contribution in [0.3, 0.4) is 0 Å². The lowest BCUT2D eigenvalue weighted by Gasteiger charge is -2.06. The van der Waals surface area contributed by atoms with Gasteiger partial charge in [-0.1, -0.05) is 11.6 Å². The molecule has 3 rings (SSSR count). The normalized spacial score (nSPS) is 11.3. The fourth-order valence-electron chi connectivity index (χ4n) is 2.16. The summed E-state index contributed by atoms with van der Waals surface area (Å²) in [6.45, 7) is 4.15. The van der Waals surface area contributed by atoms with Crippen molar-refractivity contribution in [3.05, 3.63) is 42.4 Å². The Balaban J connectivity index is 2.25. The van der Waals surface area contributed by atoms with Crippen molar-refractivity contribution in [2.24, 2.45) is 0 Å². The van der Waals surface area contributed by atoms with Crippen molar-refractivity contribution in [2.75, 3.05) is 5.73 Å². The molecule has 0 atom stereocenters. The number of hydrogen-bond donors (Lipinski definition) is 1. The minimum atomic E-state index is 0.469. The second kappa shape index (κ2) is 5.40. The molecule has 0 unspecified atom stereocenters. The molecule has 21 heavy (non-hydrogen) atoms. The maximum atomic E-state index is 6.09. The van der Waals surface area contributed by atoms with Crippen LogP contribution in [0.25, 0.3) is 16.7 Å². The van der Waals surface area contributed by atoms with Gasteiger partial charge in [-0.2, -0.15) is 4.80 Å². The van der Waals surface area contributed by atoms with Gasteiger partial charge in [-0.05, 0) is 81.7 Å². The molecular weight excluding hydrogens is 466 g/mol. The molecule has 0 bridgehead atoms. The molecule has 0 aliphatic rings. The molecule has 108 valence electrons. The molecular formula is C14H11BrClIN4. The molecule has 0 spiro atoms. The third-order valence-corrected chi connectivity index (χ3v) is 6.07. The largest absolute Gasteiger partial charge is 0.397 e. The van der Waals surface area contributed by atoms with Crippen molar-refractivity contribution in [1.29, 1.82) is 0 Å². The van der Waals surface area contributed by atoms with Crippen LogP contribution in [0.1, 0.15) is 11.1 Å². The highest BCUT2D eigenvalue weighted by molar-refractivity contribution is 14.1. The van der Waals surface area contributed by atoms with Crippen LogP contribution >= 0.6 is 50.1 Å². The van der Waals surface area contributed by atoms with Gasteiger partial charge in [-0.25, -0.2) is 0 Å². The first-order valence-corrected chi connectivity index (χ1v) is 8.41. The monoisotopic (exact) mass is 476 g/mol. The van der Waals surface area contributed by atoms with Crippen molar-refractivity contribution in [3.8, 4) is 5.69 Å². The van der Waals surface area contributed by atoms with Gasteiger partial charge in [0.15, 0.2) is 0 Å². The molecule has 0 aliphatic carbocycles. The van der Waals surface area contributed by atoms with E-state index in [2.05, 4.69) is 74.7 Å². The second-order valence-corrected chi connectivity index (χ2v) is 7.12. The van der Waals surface area contributed by atoms with Gasteiger partial charge in [0.1, 0.15) is 11.0 Å². The zero-order valence-corrected chi connectivity index (χ0v) is 15.8. The average molecular weight is 478 g/mol. The summed E-state index contributed by atoms with van der Waals surface area (Å²) < 4.78 is 1.93. The van der Waals surface area contributed by atoms with Gasteiger partial charge in [0, 0.05) is 3.57 Å². The molecule has 1 heterocycles. The second-order valence-electron chi connectivity index (χ2n) is 4.84. The molecule has 0 saturated carbocycles. The Kier molecular flexibility index (Phi) is 3.87. The summed E-state index contributed by atoms with van der Waals surface area (Å²) in [6, 6.07) is 5.85. The Morgan fingerprint density at radius 1 is 1.19 bits per heavy atom. The van der Waals surface area contributed by atoms with Crippen LogP contribution in [0, 0.1) is 17.4 Å². The van der Waals surface area contributed by atoms with Gasteiger partial charge in [-0.3, -0.25) is 0 Å². The van der Waals surface area contributed by atoms with Crippen molar-refractivity contribution in [1.82, 2.24) is 15.0 Å². The molecule has 2 aromatic carbocycles. The van der Waals surface area contributed by atoms with E-state index in [1.807, 2.05) is 0 Å². The van der Waals surface area contributed by atoms with Crippen LogP contribution in [0.2, 0.25) is 5.02 Å². The van der Waals surface area contributed by atoms with E-state index in [4.69, 9.17) is 17.3 Å². The lowest BCUT2D eigenvalue weighted by Crippen LogP contribution is -2.01. The van der Waals surface area contributed by atoms with Crippen LogP contribution in [-0.2, 0) is 0 Å². The van der Waals surface area contributed by atoms with Crippen LogP contribution in [0.15, 0.2) is 22.7 Å². The Hall–Kier alpha value is -0.860. The van der Waals surface area contributed by atoms with Crippen LogP contribution in [-0.4, -0.2) is 15.0 Å². The number of aryl methyl sites for hydroxylation is 2. The summed E-state index contributed by atoms with van der Waals surface area (Å²) in [5, 5.41) is 9.47. The average Bonchev–Trinajstić information content (AvgIpc) is 2.85. The topological polar surface area (TPSA) is 56.7 Å². The van der Waals surface area contributed by atoms with Gasteiger partial charge in [0.2, 0.25) is 0 Å². The molecule has 0 aliphatic heterocycles. The summed E-state index contributed by atoms with van der Waals surface area (Å²) >= 11 is 11.9. The minimum absolute atomic E-state index is 0.469. The Morgan fingerprint density at radius 2 is 1.81 bits per heavy atom. The summed E-state index contributed by atoms with van der Waals surface area (Å²) in [5.74, 6) is 0. The highest BCUT2D eigenvalue weighted by atomic mass is 127. The van der Waals surface area contributed by atoms with Crippen LogP contribution in [0.5, 0.6) is 0 Å². The van der Waals surface area contributed by atoms with E-state index in [1.165, 1.54) is 14.7 Å². The number of nitrogens with zero attached hydrogens (tertiary/aromatic N) is 3. The van der Waals surface area contributed by atoms with Gasteiger partial charge in [0.25, 0.3) is 0 Å². The lowest BCUT2D eigenvalue weighted by molar-refractivity contribution is 0.763. The molecule has 0 radical (unpaired) electrons. The summed E-state index contributed by atoms with van der Waals surface area (Å²) in [7, 11) is 0. The van der Waals surface area contributed by atoms with Crippen molar-refractivity contribution in [3.63, 3.8) is 0 Å². The summed E-state index contributed by atoms with van der Waals surface area (Å²) in [5.41, 5.74) is 11.1. The van der Waals surface area contributed by atoms with Crippen LogP contribution < -0.4 is 5.73 Å². The molecule has 3 aromatic rings. The number of benzene rings is 2. The minimum Gasteiger partial charge on any atom is -0.397 e. The van der Waals surface area contributed by atoms with Gasteiger partial charge in [0.05, 0.1) is 20.9 Å². The highest BCUT2D eigenvalue weighted by Gasteiger charge is 2.14. The van der Waals surface area contributed by atoms with E-state index in [0.717, 1.165) is 5.69 Å². The van der Waals surface area contributed by atoms with Gasteiger partial charge >= 0.3 is 0 Å². The maximum Gasteiger partial charge on any atom is 0.130 e. The van der Waals surface area contributed by atoms with E-state index >= 15 is 0 Å². The van der Waals surface area contributed by atoms with E-state index in [-0.39, 0.29) is 0 Å². The molecule has 0 amide bonds. The zero-order valence-electron chi connectivity index (χ0n) is 11.3. The summed E-state index contributed by atoms with van der Waals surface area (Å²) in [6.07, 6.45) is 0. The van der Waals surface area contributed by atoms with E-state index in [0.29, 0.717) is 26.2 Å². The molecule has 0 fully saturated rings. The highest BCUT2D eigenvalue weighted by Crippen LogP contribution is 2.34. The fraction of sp³-hybridized carbons (Fsp3) is 0.143. The van der Waals surface area contributed by atoms with E-state index in [9.17, 15) is 0 Å². The standard InChI is InChI=1S/C14H11BrClIN4/c1-6-3-8(4-7(2)12(6)17)21-19-10-5-9(16)13(18)11(15)14(10)20-21/h3-5H,18H2,1-2H3. The van der Waals surface area contributed by atoms with Gasteiger partial charge in [-0.15, -0.1) is 10.2 Å². The number of anilines is 1. The molecule has 7 heteroatoms. The molecule has 1 aromatic heterocycles.